The quantitative estimate of drug-likeness (QED) is 0.378. The molecule has 2 aromatic carbocycles. The average Bonchev–Trinajstić information content (AvgIpc) is 3.55. The van der Waals surface area contributed by atoms with Crippen LogP contribution in [0.25, 0.3) is 28.2 Å². The number of nitrogens with zero attached hydrogens (tertiary/aromatic N) is 5. The van der Waals surface area contributed by atoms with E-state index >= 15 is 0 Å². The zero-order chi connectivity index (χ0) is 25.9. The highest BCUT2D eigenvalue weighted by molar-refractivity contribution is 5.82. The Labute approximate surface area is 213 Å². The van der Waals surface area contributed by atoms with Crippen LogP contribution >= 0.6 is 0 Å². The number of fused-ring (bicyclic) bond motifs is 1. The fourth-order valence-electron chi connectivity index (χ4n) is 4.58. The van der Waals surface area contributed by atoms with Crippen molar-refractivity contribution in [2.45, 2.75) is 19.8 Å². The van der Waals surface area contributed by atoms with Gasteiger partial charge in [0.2, 0.25) is 5.65 Å². The first kappa shape index (κ1) is 24.0. The van der Waals surface area contributed by atoms with Crippen LogP contribution in [0.4, 0.5) is 4.79 Å². The van der Waals surface area contributed by atoms with E-state index in [0.29, 0.717) is 54.6 Å². The molecule has 37 heavy (non-hydrogen) atoms. The first-order chi connectivity index (χ1) is 18.0. The lowest BCUT2D eigenvalue weighted by Crippen LogP contribution is -2.27. The molecular formula is C28H25N5O4. The highest BCUT2D eigenvalue weighted by atomic mass is 16.5. The van der Waals surface area contributed by atoms with E-state index in [2.05, 4.69) is 11.1 Å². The van der Waals surface area contributed by atoms with Crippen molar-refractivity contribution in [2.24, 2.45) is 5.92 Å². The van der Waals surface area contributed by atoms with Gasteiger partial charge in [-0.1, -0.05) is 42.0 Å². The summed E-state index contributed by atoms with van der Waals surface area (Å²) in [6.45, 7) is 3.19. The van der Waals surface area contributed by atoms with Gasteiger partial charge in [0.1, 0.15) is 6.29 Å². The van der Waals surface area contributed by atoms with Crippen LogP contribution < -0.4 is 4.74 Å². The van der Waals surface area contributed by atoms with E-state index in [0.717, 1.165) is 28.7 Å². The Kier molecular flexibility index (Phi) is 6.56. The van der Waals surface area contributed by atoms with Crippen LogP contribution in [0, 0.1) is 24.2 Å². The highest BCUT2D eigenvalue weighted by Crippen LogP contribution is 2.35. The van der Waals surface area contributed by atoms with Gasteiger partial charge in [0, 0.05) is 42.8 Å². The van der Waals surface area contributed by atoms with E-state index in [4.69, 9.17) is 9.72 Å². The molecule has 9 heteroatoms. The van der Waals surface area contributed by atoms with E-state index in [9.17, 15) is 20.0 Å². The van der Waals surface area contributed by atoms with E-state index < -0.39 is 6.09 Å². The lowest BCUT2D eigenvalue weighted by Gasteiger charge is -2.17. The minimum absolute atomic E-state index is 0.0393. The number of hydrogen-bond acceptors (Lipinski definition) is 6. The number of imidazole rings is 1. The Morgan fingerprint density at radius 1 is 1.16 bits per heavy atom. The fraction of sp³-hybridized carbons (Fsp3) is 0.250. The van der Waals surface area contributed by atoms with Gasteiger partial charge in [-0.2, -0.15) is 5.26 Å². The number of ether oxygens (including phenoxy) is 1. The molecule has 186 valence electrons. The number of carboxylic acid groups (broad SMARTS) is 1. The van der Waals surface area contributed by atoms with Gasteiger partial charge in [-0.05, 0) is 25.5 Å². The normalized spacial score (nSPS) is 15.0. The van der Waals surface area contributed by atoms with E-state index in [1.807, 2.05) is 53.9 Å². The summed E-state index contributed by atoms with van der Waals surface area (Å²) in [5, 5.41) is 18.5. The van der Waals surface area contributed by atoms with Crippen molar-refractivity contribution in [1.29, 1.82) is 5.26 Å². The molecule has 1 N–H and O–H groups in total. The van der Waals surface area contributed by atoms with Crippen LogP contribution in [0.15, 0.2) is 54.7 Å². The third-order valence-corrected chi connectivity index (χ3v) is 6.54. The number of hydrogen-bond donors (Lipinski definition) is 1. The highest BCUT2D eigenvalue weighted by Gasteiger charge is 2.27. The first-order valence-corrected chi connectivity index (χ1v) is 12.0. The van der Waals surface area contributed by atoms with Crippen molar-refractivity contribution < 1.29 is 19.4 Å². The van der Waals surface area contributed by atoms with Crippen molar-refractivity contribution in [3.05, 3.63) is 71.5 Å². The van der Waals surface area contributed by atoms with Crippen LogP contribution in [-0.2, 0) is 11.2 Å². The van der Waals surface area contributed by atoms with Gasteiger partial charge in [-0.25, -0.2) is 14.8 Å². The largest absolute Gasteiger partial charge is 0.475 e. The second-order valence-electron chi connectivity index (χ2n) is 9.16. The molecule has 5 rings (SSSR count). The maximum Gasteiger partial charge on any atom is 0.407 e. The molecule has 0 saturated carbocycles. The maximum absolute atomic E-state index is 11.3. The number of aldehydes is 1. The summed E-state index contributed by atoms with van der Waals surface area (Å²) in [5.74, 6) is 0.346. The Balaban J connectivity index is 1.65. The lowest BCUT2D eigenvalue weighted by molar-refractivity contribution is -0.107. The predicted octanol–water partition coefficient (Wildman–Crippen LogP) is 4.36. The van der Waals surface area contributed by atoms with Crippen molar-refractivity contribution in [2.75, 3.05) is 19.7 Å². The molecule has 3 heterocycles. The number of likely N-dealkylation sites (tertiary alicyclic amines) is 1. The molecule has 9 nitrogen and oxygen atoms in total. The summed E-state index contributed by atoms with van der Waals surface area (Å²) in [6, 6.07) is 17.4. The van der Waals surface area contributed by atoms with Crippen molar-refractivity contribution in [1.82, 2.24) is 19.3 Å². The Bertz CT molecular complexity index is 1500. The fourth-order valence-corrected chi connectivity index (χ4v) is 4.58. The van der Waals surface area contributed by atoms with Gasteiger partial charge in [0.25, 0.3) is 5.88 Å². The third-order valence-electron chi connectivity index (χ3n) is 6.54. The minimum atomic E-state index is -0.930. The number of aryl methyl sites for hydroxylation is 1. The molecule has 0 aliphatic carbocycles. The summed E-state index contributed by atoms with van der Waals surface area (Å²) in [4.78, 5) is 33.5. The number of aromatic nitrogens is 3. The molecule has 1 aliphatic heterocycles. The number of nitriles is 1. The van der Waals surface area contributed by atoms with Gasteiger partial charge in [0.15, 0.2) is 0 Å². The van der Waals surface area contributed by atoms with Crippen molar-refractivity contribution >= 4 is 18.0 Å². The Morgan fingerprint density at radius 2 is 1.89 bits per heavy atom. The number of carbonyl (C=O) groups excluding carboxylic acids is 1. The van der Waals surface area contributed by atoms with E-state index in [1.54, 1.807) is 12.1 Å². The molecular weight excluding hydrogens is 470 g/mol. The van der Waals surface area contributed by atoms with Gasteiger partial charge >= 0.3 is 6.09 Å². The summed E-state index contributed by atoms with van der Waals surface area (Å²) in [5.41, 5.74) is 5.87. The Hall–Kier alpha value is -4.71. The molecule has 1 saturated heterocycles. The topological polar surface area (TPSA) is 121 Å². The smallest absolute Gasteiger partial charge is 0.407 e. The molecule has 4 aromatic rings. The van der Waals surface area contributed by atoms with Crippen LogP contribution in [0.2, 0.25) is 0 Å². The monoisotopic (exact) mass is 495 g/mol. The number of benzene rings is 2. The zero-order valence-corrected chi connectivity index (χ0v) is 20.3. The van der Waals surface area contributed by atoms with Gasteiger partial charge in [-0.3, -0.25) is 4.40 Å². The van der Waals surface area contributed by atoms with Gasteiger partial charge in [-0.15, -0.1) is 0 Å². The molecule has 0 spiro atoms. The summed E-state index contributed by atoms with van der Waals surface area (Å²) >= 11 is 0. The molecule has 0 unspecified atom stereocenters. The van der Waals surface area contributed by atoms with Crippen LogP contribution in [-0.4, -0.2) is 56.5 Å². The molecule has 1 atom stereocenters. The molecule has 0 bridgehead atoms. The molecule has 1 amide bonds. The molecule has 2 aromatic heterocycles. The second-order valence-corrected chi connectivity index (χ2v) is 9.16. The molecule has 1 fully saturated rings. The molecule has 1 aliphatic rings. The van der Waals surface area contributed by atoms with Crippen molar-refractivity contribution in [3.8, 4) is 34.5 Å². The zero-order valence-electron chi connectivity index (χ0n) is 20.3. The van der Waals surface area contributed by atoms with Crippen LogP contribution in [0.3, 0.4) is 0 Å². The van der Waals surface area contributed by atoms with E-state index in [1.165, 1.54) is 4.90 Å². The predicted molar refractivity (Wildman–Crippen MR) is 136 cm³/mol. The second kappa shape index (κ2) is 10.1. The van der Waals surface area contributed by atoms with Gasteiger partial charge in [0.05, 0.1) is 35.3 Å². The minimum Gasteiger partial charge on any atom is -0.475 e. The summed E-state index contributed by atoms with van der Waals surface area (Å²) < 4.78 is 8.09. The third kappa shape index (κ3) is 4.86. The number of rotatable bonds is 7. The SMILES string of the molecule is Cc1ccc(-c2c(-c3ccc(C#N)cc3)nc(OC[C@@H]3CCN(C(=O)O)C3)c3nc(CC=O)cn23)cc1. The average molecular weight is 496 g/mol. The lowest BCUT2D eigenvalue weighted by atomic mass is 10.0. The summed E-state index contributed by atoms with van der Waals surface area (Å²) in [6.07, 6.45) is 2.55. The molecule has 0 radical (unpaired) electrons. The maximum atomic E-state index is 11.3. The standard InChI is InChI=1S/C28H25N5O4/c1-18-2-6-22(7-3-18)25-24(21-8-4-19(14-29)5-9-21)31-27(26-30-23(11-13-34)16-33(25)26)37-17-20-10-12-32(15-20)28(35)36/h2-9,13,16,20H,10-12,15,17H2,1H3,(H,35,36)/t20-/m1/s1. The van der Waals surface area contributed by atoms with Gasteiger partial charge < -0.3 is 19.5 Å². The first-order valence-electron chi connectivity index (χ1n) is 12.0. The number of amides is 1. The van der Waals surface area contributed by atoms with E-state index in [-0.39, 0.29) is 12.3 Å². The number of carbonyl (C=O) groups is 2. The summed E-state index contributed by atoms with van der Waals surface area (Å²) in [7, 11) is 0. The Morgan fingerprint density at radius 3 is 2.54 bits per heavy atom. The van der Waals surface area contributed by atoms with Crippen molar-refractivity contribution in [3.63, 3.8) is 0 Å². The van der Waals surface area contributed by atoms with Crippen LogP contribution in [0.1, 0.15) is 23.2 Å². The van der Waals surface area contributed by atoms with Crippen LogP contribution in [0.5, 0.6) is 5.88 Å².